The van der Waals surface area contributed by atoms with Crippen molar-refractivity contribution >= 4 is 17.4 Å². The van der Waals surface area contributed by atoms with Crippen molar-refractivity contribution in [1.29, 1.82) is 0 Å². The van der Waals surface area contributed by atoms with E-state index in [9.17, 15) is 0 Å². The van der Waals surface area contributed by atoms with Crippen molar-refractivity contribution in [1.82, 2.24) is 15.2 Å². The second-order valence-corrected chi connectivity index (χ2v) is 4.99. The molecule has 100 valence electrons. The van der Waals surface area contributed by atoms with Gasteiger partial charge >= 0.3 is 0 Å². The highest BCUT2D eigenvalue weighted by Gasteiger charge is 2.16. The number of hydrogen-bond donors (Lipinski definition) is 2. The van der Waals surface area contributed by atoms with Gasteiger partial charge in [-0.3, -0.25) is 10.1 Å². The minimum atomic E-state index is 0.435. The summed E-state index contributed by atoms with van der Waals surface area (Å²) in [5, 5.41) is 7.73. The molecule has 20 heavy (non-hydrogen) atoms. The zero-order valence-corrected chi connectivity index (χ0v) is 11.6. The number of nitrogens with two attached hydrogens (primary N) is 1. The van der Waals surface area contributed by atoms with Crippen LogP contribution in [0.3, 0.4) is 0 Å². The molecule has 3 rings (SSSR count). The summed E-state index contributed by atoms with van der Waals surface area (Å²) in [6.45, 7) is 2.00. The molecule has 0 unspecified atom stereocenters. The number of nitrogen functional groups attached to an aromatic ring is 1. The van der Waals surface area contributed by atoms with Crippen LogP contribution in [0.15, 0.2) is 42.7 Å². The lowest BCUT2D eigenvalue weighted by molar-refractivity contribution is 1.10. The molecule has 0 fully saturated rings. The molecule has 2 aromatic heterocycles. The van der Waals surface area contributed by atoms with Crippen molar-refractivity contribution in [2.24, 2.45) is 0 Å². The SMILES string of the molecule is Cc1ccc(-c2[nH]nc(N)c2-c2cccnc2)c(Cl)c1. The average Bonchev–Trinajstić information content (AvgIpc) is 2.81. The summed E-state index contributed by atoms with van der Waals surface area (Å²) in [5.74, 6) is 0.435. The number of H-pyrrole nitrogens is 1. The van der Waals surface area contributed by atoms with E-state index in [4.69, 9.17) is 17.3 Å². The van der Waals surface area contributed by atoms with Gasteiger partial charge in [0.25, 0.3) is 0 Å². The molecule has 0 atom stereocenters. The van der Waals surface area contributed by atoms with Gasteiger partial charge in [0.1, 0.15) is 0 Å². The highest BCUT2D eigenvalue weighted by molar-refractivity contribution is 6.33. The van der Waals surface area contributed by atoms with Crippen molar-refractivity contribution in [2.75, 3.05) is 5.73 Å². The lowest BCUT2D eigenvalue weighted by Gasteiger charge is -2.07. The minimum absolute atomic E-state index is 0.435. The number of anilines is 1. The van der Waals surface area contributed by atoms with Crippen molar-refractivity contribution in [3.8, 4) is 22.4 Å². The van der Waals surface area contributed by atoms with Crippen LogP contribution in [-0.4, -0.2) is 15.2 Å². The molecule has 0 saturated heterocycles. The third-order valence-electron chi connectivity index (χ3n) is 3.14. The molecule has 0 aliphatic carbocycles. The first-order chi connectivity index (χ1) is 9.66. The summed E-state index contributed by atoms with van der Waals surface area (Å²) in [6, 6.07) is 9.69. The largest absolute Gasteiger partial charge is 0.382 e. The summed E-state index contributed by atoms with van der Waals surface area (Å²) in [5.41, 5.74) is 10.5. The number of nitrogens with one attached hydrogen (secondary N) is 1. The fraction of sp³-hybridized carbons (Fsp3) is 0.0667. The highest BCUT2D eigenvalue weighted by atomic mass is 35.5. The molecule has 2 heterocycles. The second-order valence-electron chi connectivity index (χ2n) is 4.58. The molecule has 0 radical (unpaired) electrons. The fourth-order valence-corrected chi connectivity index (χ4v) is 2.51. The first-order valence-corrected chi connectivity index (χ1v) is 6.55. The lowest BCUT2D eigenvalue weighted by Crippen LogP contribution is -1.90. The van der Waals surface area contributed by atoms with Gasteiger partial charge in [-0.2, -0.15) is 5.10 Å². The van der Waals surface area contributed by atoms with Gasteiger partial charge in [-0.05, 0) is 24.6 Å². The van der Waals surface area contributed by atoms with Crippen LogP contribution < -0.4 is 5.73 Å². The Balaban J connectivity index is 2.21. The van der Waals surface area contributed by atoms with E-state index in [0.29, 0.717) is 10.8 Å². The number of aromatic nitrogens is 3. The van der Waals surface area contributed by atoms with Gasteiger partial charge in [0.2, 0.25) is 0 Å². The first-order valence-electron chi connectivity index (χ1n) is 6.17. The molecule has 3 N–H and O–H groups in total. The van der Waals surface area contributed by atoms with E-state index in [1.54, 1.807) is 12.4 Å². The summed E-state index contributed by atoms with van der Waals surface area (Å²) < 4.78 is 0. The van der Waals surface area contributed by atoms with Crippen LogP contribution in [0.5, 0.6) is 0 Å². The van der Waals surface area contributed by atoms with Gasteiger partial charge in [-0.1, -0.05) is 29.8 Å². The van der Waals surface area contributed by atoms with E-state index >= 15 is 0 Å². The van der Waals surface area contributed by atoms with E-state index < -0.39 is 0 Å². The Kier molecular flexibility index (Phi) is 3.16. The summed E-state index contributed by atoms with van der Waals surface area (Å²) in [7, 11) is 0. The number of rotatable bonds is 2. The average molecular weight is 285 g/mol. The Labute approximate surface area is 121 Å². The number of halogens is 1. The van der Waals surface area contributed by atoms with Crippen LogP contribution >= 0.6 is 11.6 Å². The molecule has 0 saturated carbocycles. The fourth-order valence-electron chi connectivity index (χ4n) is 2.18. The van der Waals surface area contributed by atoms with Crippen LogP contribution in [-0.2, 0) is 0 Å². The summed E-state index contributed by atoms with van der Waals surface area (Å²) in [4.78, 5) is 4.12. The maximum atomic E-state index is 6.33. The van der Waals surface area contributed by atoms with E-state index in [0.717, 1.165) is 27.9 Å². The topological polar surface area (TPSA) is 67.6 Å². The molecule has 4 nitrogen and oxygen atoms in total. The summed E-state index contributed by atoms with van der Waals surface area (Å²) in [6.07, 6.45) is 3.48. The van der Waals surface area contributed by atoms with Crippen LogP contribution in [0.25, 0.3) is 22.4 Å². The molecule has 0 spiro atoms. The molecule has 0 bridgehead atoms. The van der Waals surface area contributed by atoms with Gasteiger partial charge in [-0.25, -0.2) is 0 Å². The Morgan fingerprint density at radius 1 is 1.25 bits per heavy atom. The Bertz CT molecular complexity index is 750. The monoisotopic (exact) mass is 284 g/mol. The van der Waals surface area contributed by atoms with Crippen molar-refractivity contribution in [3.05, 3.63) is 53.3 Å². The van der Waals surface area contributed by atoms with Crippen LogP contribution in [0.4, 0.5) is 5.82 Å². The Morgan fingerprint density at radius 3 is 2.80 bits per heavy atom. The number of nitrogens with zero attached hydrogens (tertiary/aromatic N) is 2. The predicted octanol–water partition coefficient (Wildman–Crippen LogP) is 3.68. The lowest BCUT2D eigenvalue weighted by atomic mass is 10.0. The van der Waals surface area contributed by atoms with E-state index in [-0.39, 0.29) is 0 Å². The normalized spacial score (nSPS) is 10.7. The van der Waals surface area contributed by atoms with E-state index in [2.05, 4.69) is 15.2 Å². The molecule has 1 aromatic carbocycles. The van der Waals surface area contributed by atoms with Gasteiger partial charge in [0.15, 0.2) is 5.82 Å². The molecule has 5 heteroatoms. The summed E-state index contributed by atoms with van der Waals surface area (Å²) >= 11 is 6.33. The zero-order valence-electron chi connectivity index (χ0n) is 10.9. The third-order valence-corrected chi connectivity index (χ3v) is 3.45. The number of hydrogen-bond acceptors (Lipinski definition) is 3. The number of aromatic amines is 1. The van der Waals surface area contributed by atoms with E-state index in [1.165, 1.54) is 0 Å². The van der Waals surface area contributed by atoms with Crippen LogP contribution in [0.1, 0.15) is 5.56 Å². The molecular formula is C15H13ClN4. The van der Waals surface area contributed by atoms with Crippen molar-refractivity contribution in [3.63, 3.8) is 0 Å². The van der Waals surface area contributed by atoms with Crippen LogP contribution in [0, 0.1) is 6.92 Å². The predicted molar refractivity (Wildman–Crippen MR) is 81.4 cm³/mol. The van der Waals surface area contributed by atoms with Gasteiger partial charge in [0, 0.05) is 23.5 Å². The van der Waals surface area contributed by atoms with Gasteiger partial charge in [0.05, 0.1) is 16.3 Å². The highest BCUT2D eigenvalue weighted by Crippen LogP contribution is 2.37. The minimum Gasteiger partial charge on any atom is -0.382 e. The van der Waals surface area contributed by atoms with Gasteiger partial charge < -0.3 is 5.73 Å². The molecular weight excluding hydrogens is 272 g/mol. The molecule has 0 aliphatic rings. The number of benzene rings is 1. The Hall–Kier alpha value is -2.33. The van der Waals surface area contributed by atoms with Crippen molar-refractivity contribution in [2.45, 2.75) is 6.92 Å². The smallest absolute Gasteiger partial charge is 0.153 e. The maximum Gasteiger partial charge on any atom is 0.153 e. The van der Waals surface area contributed by atoms with E-state index in [1.807, 2.05) is 37.3 Å². The second kappa shape index (κ2) is 4.98. The zero-order chi connectivity index (χ0) is 14.1. The maximum absolute atomic E-state index is 6.33. The third kappa shape index (κ3) is 2.14. The van der Waals surface area contributed by atoms with Crippen molar-refractivity contribution < 1.29 is 0 Å². The van der Waals surface area contributed by atoms with Gasteiger partial charge in [-0.15, -0.1) is 0 Å². The Morgan fingerprint density at radius 2 is 2.10 bits per heavy atom. The quantitative estimate of drug-likeness (QED) is 0.754. The van der Waals surface area contributed by atoms with Crippen LogP contribution in [0.2, 0.25) is 5.02 Å². The standard InChI is InChI=1S/C15H13ClN4/c1-9-4-5-11(12(16)7-9)14-13(15(17)20-19-14)10-3-2-6-18-8-10/h2-8H,1H3,(H3,17,19,20). The molecule has 0 amide bonds. The number of pyridine rings is 1. The first kappa shape index (κ1) is 12.7. The number of aryl methyl sites for hydroxylation is 1. The molecule has 3 aromatic rings. The molecule has 0 aliphatic heterocycles.